The maximum atomic E-state index is 13.2. The Morgan fingerprint density at radius 1 is 1.03 bits per heavy atom. The molecular weight excluding hydrogens is 494 g/mol. The van der Waals surface area contributed by atoms with Crippen molar-refractivity contribution < 1.29 is 14.3 Å². The highest BCUT2D eigenvalue weighted by Gasteiger charge is 2.33. The van der Waals surface area contributed by atoms with Crippen molar-refractivity contribution in [2.24, 2.45) is 7.05 Å². The number of oxazole rings is 1. The molecule has 3 heterocycles. The van der Waals surface area contributed by atoms with E-state index in [-0.39, 0.29) is 23.5 Å². The monoisotopic (exact) mass is 521 g/mol. The lowest BCUT2D eigenvalue weighted by Crippen LogP contribution is -2.40. The lowest BCUT2D eigenvalue weighted by molar-refractivity contribution is 0.0827. The average molecular weight is 522 g/mol. The SMILES string of the molecule is CN(C)C(=O)c1ccc2c(c1)CCN(c1nc(-c3nc4ccccc4o3)c(O)c(=O)n1C)[C@H]2c1ccccc1. The summed E-state index contributed by atoms with van der Waals surface area (Å²) in [6.45, 7) is 0.532. The van der Waals surface area contributed by atoms with Crippen LogP contribution in [0.1, 0.15) is 33.1 Å². The Morgan fingerprint density at radius 3 is 2.51 bits per heavy atom. The first-order valence-electron chi connectivity index (χ1n) is 12.7. The van der Waals surface area contributed by atoms with E-state index in [1.807, 2.05) is 60.7 Å². The number of aromatic nitrogens is 3. The van der Waals surface area contributed by atoms with Gasteiger partial charge >= 0.3 is 0 Å². The molecule has 0 fully saturated rings. The van der Waals surface area contributed by atoms with Crippen LogP contribution in [0.3, 0.4) is 0 Å². The number of aromatic hydroxyl groups is 1. The van der Waals surface area contributed by atoms with Crippen molar-refractivity contribution in [1.29, 1.82) is 0 Å². The van der Waals surface area contributed by atoms with Gasteiger partial charge in [0.2, 0.25) is 11.7 Å². The van der Waals surface area contributed by atoms with Crippen LogP contribution in [0.2, 0.25) is 0 Å². The molecule has 9 heteroatoms. The highest BCUT2D eigenvalue weighted by atomic mass is 16.4. The molecule has 1 aliphatic rings. The summed E-state index contributed by atoms with van der Waals surface area (Å²) in [4.78, 5) is 38.7. The molecule has 5 aromatic rings. The Bertz CT molecular complexity index is 1740. The van der Waals surface area contributed by atoms with E-state index in [0.717, 1.165) is 16.7 Å². The number of nitrogens with zero attached hydrogens (tertiary/aromatic N) is 5. The topological polar surface area (TPSA) is 105 Å². The molecule has 0 saturated carbocycles. The van der Waals surface area contributed by atoms with Crippen molar-refractivity contribution in [3.05, 3.63) is 105 Å². The summed E-state index contributed by atoms with van der Waals surface area (Å²) in [6.07, 6.45) is 0.641. The van der Waals surface area contributed by atoms with Gasteiger partial charge in [0.25, 0.3) is 17.4 Å². The molecule has 1 N–H and O–H groups in total. The van der Waals surface area contributed by atoms with Crippen LogP contribution in [0.25, 0.3) is 22.7 Å². The van der Waals surface area contributed by atoms with Crippen LogP contribution in [0.15, 0.2) is 82.0 Å². The summed E-state index contributed by atoms with van der Waals surface area (Å²) in [5, 5.41) is 10.8. The van der Waals surface area contributed by atoms with Gasteiger partial charge in [-0.25, -0.2) is 9.97 Å². The fourth-order valence-corrected chi connectivity index (χ4v) is 5.19. The van der Waals surface area contributed by atoms with Gasteiger partial charge in [0.15, 0.2) is 11.3 Å². The molecule has 196 valence electrons. The van der Waals surface area contributed by atoms with E-state index < -0.39 is 11.3 Å². The number of carbonyl (C=O) groups is 1. The standard InChI is InChI=1S/C30H27N5O4/c1-33(2)28(37)20-13-14-21-19(17-20)15-16-35(25(21)18-9-5-4-6-10-18)30-32-24(26(36)29(38)34(30)3)27-31-22-11-7-8-12-23(22)39-27/h4-14,17,25,36H,15-16H2,1-3H3/t25-/m0/s1. The maximum Gasteiger partial charge on any atom is 0.297 e. The average Bonchev–Trinajstić information content (AvgIpc) is 3.39. The third-order valence-corrected chi connectivity index (χ3v) is 7.14. The van der Waals surface area contributed by atoms with E-state index >= 15 is 0 Å². The summed E-state index contributed by atoms with van der Waals surface area (Å²) in [6, 6.07) is 22.7. The molecule has 1 aliphatic heterocycles. The van der Waals surface area contributed by atoms with Crippen LogP contribution in [-0.4, -0.2) is 51.1 Å². The van der Waals surface area contributed by atoms with Gasteiger partial charge < -0.3 is 19.3 Å². The smallest absolute Gasteiger partial charge is 0.297 e. The number of amides is 1. The van der Waals surface area contributed by atoms with Gasteiger partial charge in [-0.05, 0) is 47.4 Å². The number of anilines is 1. The van der Waals surface area contributed by atoms with E-state index in [9.17, 15) is 14.7 Å². The number of para-hydroxylation sites is 2. The van der Waals surface area contributed by atoms with E-state index in [1.165, 1.54) is 4.57 Å². The van der Waals surface area contributed by atoms with Gasteiger partial charge in [-0.3, -0.25) is 14.2 Å². The van der Waals surface area contributed by atoms with Crippen molar-refractivity contribution in [3.63, 3.8) is 0 Å². The second-order valence-electron chi connectivity index (χ2n) is 9.83. The van der Waals surface area contributed by atoms with Gasteiger partial charge in [-0.1, -0.05) is 48.5 Å². The van der Waals surface area contributed by atoms with Crippen molar-refractivity contribution in [2.75, 3.05) is 25.5 Å². The van der Waals surface area contributed by atoms with Crippen LogP contribution in [0.5, 0.6) is 5.75 Å². The second-order valence-corrected chi connectivity index (χ2v) is 9.83. The molecule has 0 saturated heterocycles. The van der Waals surface area contributed by atoms with Crippen molar-refractivity contribution in [3.8, 4) is 17.3 Å². The number of fused-ring (bicyclic) bond motifs is 2. The number of rotatable bonds is 4. The van der Waals surface area contributed by atoms with Crippen LogP contribution in [0, 0.1) is 0 Å². The molecule has 1 amide bonds. The molecular formula is C30H27N5O4. The molecule has 2 aromatic heterocycles. The van der Waals surface area contributed by atoms with Gasteiger partial charge in [0.1, 0.15) is 5.52 Å². The normalized spacial score (nSPS) is 14.8. The minimum atomic E-state index is -0.596. The molecule has 3 aromatic carbocycles. The van der Waals surface area contributed by atoms with Crippen LogP contribution in [0.4, 0.5) is 5.95 Å². The van der Waals surface area contributed by atoms with E-state index in [2.05, 4.69) is 9.88 Å². The zero-order valence-corrected chi connectivity index (χ0v) is 21.8. The first kappa shape index (κ1) is 24.4. The summed E-state index contributed by atoms with van der Waals surface area (Å²) >= 11 is 0. The Balaban J connectivity index is 1.52. The first-order valence-corrected chi connectivity index (χ1v) is 12.7. The largest absolute Gasteiger partial charge is 0.501 e. The highest BCUT2D eigenvalue weighted by Crippen LogP contribution is 2.39. The Hall–Kier alpha value is -4.92. The first-order chi connectivity index (χ1) is 18.8. The quantitative estimate of drug-likeness (QED) is 0.379. The molecule has 0 radical (unpaired) electrons. The van der Waals surface area contributed by atoms with E-state index in [0.29, 0.717) is 35.6 Å². The fourth-order valence-electron chi connectivity index (χ4n) is 5.19. The highest BCUT2D eigenvalue weighted by molar-refractivity contribution is 5.94. The molecule has 9 nitrogen and oxygen atoms in total. The van der Waals surface area contributed by atoms with E-state index in [4.69, 9.17) is 9.40 Å². The minimum Gasteiger partial charge on any atom is -0.501 e. The number of hydrogen-bond donors (Lipinski definition) is 1. The lowest BCUT2D eigenvalue weighted by Gasteiger charge is -2.39. The summed E-state index contributed by atoms with van der Waals surface area (Å²) < 4.78 is 7.21. The Labute approximate surface area is 224 Å². The Morgan fingerprint density at radius 2 is 1.77 bits per heavy atom. The summed E-state index contributed by atoms with van der Waals surface area (Å²) in [7, 11) is 5.07. The van der Waals surface area contributed by atoms with Crippen LogP contribution in [-0.2, 0) is 13.5 Å². The molecule has 0 bridgehead atoms. The third-order valence-electron chi connectivity index (χ3n) is 7.14. The second kappa shape index (κ2) is 9.43. The van der Waals surface area contributed by atoms with Crippen molar-refractivity contribution in [2.45, 2.75) is 12.5 Å². The van der Waals surface area contributed by atoms with E-state index in [1.54, 1.807) is 38.2 Å². The van der Waals surface area contributed by atoms with Gasteiger partial charge in [0.05, 0.1) is 6.04 Å². The lowest BCUT2D eigenvalue weighted by atomic mass is 9.87. The number of carbonyl (C=O) groups excluding carboxylic acids is 1. The molecule has 6 rings (SSSR count). The van der Waals surface area contributed by atoms with Crippen molar-refractivity contribution in [1.82, 2.24) is 19.4 Å². The Kier molecular flexibility index (Phi) is 5.91. The third kappa shape index (κ3) is 4.12. The van der Waals surface area contributed by atoms with Gasteiger partial charge in [0, 0.05) is 33.3 Å². The zero-order chi connectivity index (χ0) is 27.3. The van der Waals surface area contributed by atoms with Crippen molar-refractivity contribution >= 4 is 23.0 Å². The van der Waals surface area contributed by atoms with Crippen LogP contribution >= 0.6 is 0 Å². The summed E-state index contributed by atoms with van der Waals surface area (Å²) in [5.41, 5.74) is 4.27. The fraction of sp³-hybridized carbons (Fsp3) is 0.200. The predicted octanol–water partition coefficient (Wildman–Crippen LogP) is 4.15. The molecule has 39 heavy (non-hydrogen) atoms. The minimum absolute atomic E-state index is 0.00571. The number of hydrogen-bond acceptors (Lipinski definition) is 7. The maximum absolute atomic E-state index is 13.2. The molecule has 0 unspecified atom stereocenters. The summed E-state index contributed by atoms with van der Waals surface area (Å²) in [5.74, 6) is -0.119. The molecule has 0 spiro atoms. The van der Waals surface area contributed by atoms with Gasteiger partial charge in [-0.2, -0.15) is 0 Å². The molecule has 1 atom stereocenters. The van der Waals surface area contributed by atoms with Gasteiger partial charge in [-0.15, -0.1) is 0 Å². The van der Waals surface area contributed by atoms with Crippen LogP contribution < -0.4 is 10.5 Å². The number of benzene rings is 3. The zero-order valence-electron chi connectivity index (χ0n) is 21.8. The molecule has 0 aliphatic carbocycles. The predicted molar refractivity (Wildman–Crippen MR) is 148 cm³/mol.